The highest BCUT2D eigenvalue weighted by Crippen LogP contribution is 2.16. The van der Waals surface area contributed by atoms with Gasteiger partial charge in [0, 0.05) is 11.3 Å². The van der Waals surface area contributed by atoms with Crippen molar-refractivity contribution in [2.75, 3.05) is 0 Å². The molecule has 92 valence electrons. The molecule has 4 heteroatoms. The Hall–Kier alpha value is -2.36. The van der Waals surface area contributed by atoms with Crippen molar-refractivity contribution in [1.82, 2.24) is 4.98 Å². The van der Waals surface area contributed by atoms with Crippen molar-refractivity contribution >= 4 is 11.8 Å². The van der Waals surface area contributed by atoms with Crippen LogP contribution in [0.1, 0.15) is 37.7 Å². The summed E-state index contributed by atoms with van der Waals surface area (Å²) < 4.78 is 0. The molecule has 0 unspecified atom stereocenters. The van der Waals surface area contributed by atoms with Gasteiger partial charge in [0.1, 0.15) is 0 Å². The van der Waals surface area contributed by atoms with Crippen LogP contribution in [0.4, 0.5) is 0 Å². The largest absolute Gasteiger partial charge is 0.478 e. The van der Waals surface area contributed by atoms with E-state index in [1.54, 1.807) is 19.1 Å². The van der Waals surface area contributed by atoms with E-state index in [-0.39, 0.29) is 11.3 Å². The van der Waals surface area contributed by atoms with Crippen LogP contribution in [0.15, 0.2) is 30.3 Å². The van der Waals surface area contributed by atoms with Crippen molar-refractivity contribution in [2.24, 2.45) is 0 Å². The van der Waals surface area contributed by atoms with Gasteiger partial charge in [-0.2, -0.15) is 0 Å². The summed E-state index contributed by atoms with van der Waals surface area (Å²) in [5, 5.41) is 8.95. The molecule has 0 fully saturated rings. The first-order valence-corrected chi connectivity index (χ1v) is 5.54. The van der Waals surface area contributed by atoms with E-state index in [2.05, 4.69) is 4.98 Å². The summed E-state index contributed by atoms with van der Waals surface area (Å²) >= 11 is 0. The van der Waals surface area contributed by atoms with Crippen LogP contribution in [-0.2, 0) is 0 Å². The molecule has 0 amide bonds. The average molecular weight is 243 g/mol. The van der Waals surface area contributed by atoms with Gasteiger partial charge in [-0.25, -0.2) is 4.79 Å². The summed E-state index contributed by atoms with van der Waals surface area (Å²) in [6.07, 6.45) is 0. The van der Waals surface area contributed by atoms with E-state index in [1.165, 1.54) is 6.07 Å². The molecule has 0 aliphatic heterocycles. The molecule has 2 aromatic rings. The van der Waals surface area contributed by atoms with E-state index >= 15 is 0 Å². The number of benzene rings is 1. The standard InChI is InChI=1S/C14H13NO3/c1-8-5-3-4-6-10(8)13(16)12-7-11(14(17)18)9(2)15-12/h3-7,15H,1-2H3,(H,17,18). The smallest absolute Gasteiger partial charge is 0.337 e. The Kier molecular flexibility index (Phi) is 3.02. The number of aromatic nitrogens is 1. The molecule has 0 aliphatic carbocycles. The minimum absolute atomic E-state index is 0.131. The highest BCUT2D eigenvalue weighted by molar-refractivity contribution is 6.10. The van der Waals surface area contributed by atoms with Crippen LogP contribution in [0, 0.1) is 13.8 Å². The lowest BCUT2D eigenvalue weighted by atomic mass is 10.0. The first-order valence-electron chi connectivity index (χ1n) is 5.54. The minimum Gasteiger partial charge on any atom is -0.478 e. The first-order chi connectivity index (χ1) is 8.50. The second-order valence-electron chi connectivity index (χ2n) is 4.17. The van der Waals surface area contributed by atoms with Crippen molar-refractivity contribution in [3.05, 3.63) is 58.4 Å². The normalized spacial score (nSPS) is 10.3. The van der Waals surface area contributed by atoms with Crippen molar-refractivity contribution in [3.63, 3.8) is 0 Å². The van der Waals surface area contributed by atoms with Crippen molar-refractivity contribution in [1.29, 1.82) is 0 Å². The molecule has 1 aromatic carbocycles. The molecular weight excluding hydrogens is 230 g/mol. The van der Waals surface area contributed by atoms with Crippen LogP contribution >= 0.6 is 0 Å². The lowest BCUT2D eigenvalue weighted by molar-refractivity contribution is 0.0696. The molecule has 0 atom stereocenters. The van der Waals surface area contributed by atoms with Gasteiger partial charge in [-0.05, 0) is 25.5 Å². The van der Waals surface area contributed by atoms with Gasteiger partial charge in [0.05, 0.1) is 11.3 Å². The number of ketones is 1. The third-order valence-electron chi connectivity index (χ3n) is 2.88. The number of carboxylic acid groups (broad SMARTS) is 1. The molecule has 0 radical (unpaired) electrons. The van der Waals surface area contributed by atoms with E-state index in [1.807, 2.05) is 19.1 Å². The predicted molar refractivity (Wildman–Crippen MR) is 67.1 cm³/mol. The van der Waals surface area contributed by atoms with Gasteiger partial charge in [-0.1, -0.05) is 24.3 Å². The van der Waals surface area contributed by atoms with Crippen molar-refractivity contribution < 1.29 is 14.7 Å². The molecule has 2 rings (SSSR count). The maximum atomic E-state index is 12.2. The third-order valence-corrected chi connectivity index (χ3v) is 2.88. The SMILES string of the molecule is Cc1ccccc1C(=O)c1cc(C(=O)O)c(C)[nH]1. The summed E-state index contributed by atoms with van der Waals surface area (Å²) in [7, 11) is 0. The number of carbonyl (C=O) groups is 2. The Morgan fingerprint density at radius 1 is 1.11 bits per heavy atom. The van der Waals surface area contributed by atoms with Crippen LogP contribution in [0.2, 0.25) is 0 Å². The first kappa shape index (κ1) is 12.1. The zero-order valence-electron chi connectivity index (χ0n) is 10.2. The zero-order valence-corrected chi connectivity index (χ0v) is 10.2. The summed E-state index contributed by atoms with van der Waals surface area (Å²) in [5.41, 5.74) is 2.37. The highest BCUT2D eigenvalue weighted by Gasteiger charge is 2.17. The topological polar surface area (TPSA) is 70.2 Å². The molecule has 4 nitrogen and oxygen atoms in total. The van der Waals surface area contributed by atoms with Crippen LogP contribution in [-0.4, -0.2) is 21.8 Å². The summed E-state index contributed by atoms with van der Waals surface area (Å²) in [6.45, 7) is 3.49. The number of carboxylic acids is 1. The number of aromatic amines is 1. The van der Waals surface area contributed by atoms with E-state index in [4.69, 9.17) is 5.11 Å². The summed E-state index contributed by atoms with van der Waals surface area (Å²) in [4.78, 5) is 26.0. The van der Waals surface area contributed by atoms with Gasteiger partial charge in [0.25, 0.3) is 0 Å². The van der Waals surface area contributed by atoms with E-state index < -0.39 is 5.97 Å². The molecule has 0 spiro atoms. The summed E-state index contributed by atoms with van der Waals surface area (Å²) in [5.74, 6) is -1.23. The monoisotopic (exact) mass is 243 g/mol. The minimum atomic E-state index is -1.03. The lowest BCUT2D eigenvalue weighted by Gasteiger charge is -2.02. The Bertz CT molecular complexity index is 626. The quantitative estimate of drug-likeness (QED) is 0.814. The Labute approximate surface area is 104 Å². The Morgan fingerprint density at radius 3 is 2.33 bits per heavy atom. The molecule has 18 heavy (non-hydrogen) atoms. The van der Waals surface area contributed by atoms with Crippen LogP contribution < -0.4 is 0 Å². The van der Waals surface area contributed by atoms with Gasteiger partial charge in [-0.15, -0.1) is 0 Å². The van der Waals surface area contributed by atoms with Crippen LogP contribution in [0.25, 0.3) is 0 Å². The lowest BCUT2D eigenvalue weighted by Crippen LogP contribution is -2.03. The van der Waals surface area contributed by atoms with Crippen molar-refractivity contribution in [2.45, 2.75) is 13.8 Å². The maximum absolute atomic E-state index is 12.2. The van der Waals surface area contributed by atoms with E-state index in [0.717, 1.165) is 5.56 Å². The number of H-pyrrole nitrogens is 1. The van der Waals surface area contributed by atoms with Gasteiger partial charge < -0.3 is 10.1 Å². The van der Waals surface area contributed by atoms with E-state index in [9.17, 15) is 9.59 Å². The molecular formula is C14H13NO3. The molecule has 0 saturated heterocycles. The molecule has 0 saturated carbocycles. The molecule has 0 bridgehead atoms. The van der Waals surface area contributed by atoms with Crippen molar-refractivity contribution in [3.8, 4) is 0 Å². The number of aromatic carboxylic acids is 1. The number of hydrogen-bond donors (Lipinski definition) is 2. The second-order valence-corrected chi connectivity index (χ2v) is 4.17. The van der Waals surface area contributed by atoms with Gasteiger partial charge in [0.2, 0.25) is 5.78 Å². The number of hydrogen-bond acceptors (Lipinski definition) is 2. The fraction of sp³-hybridized carbons (Fsp3) is 0.143. The summed E-state index contributed by atoms with van der Waals surface area (Å²) in [6, 6.07) is 8.60. The van der Waals surface area contributed by atoms with Gasteiger partial charge in [0.15, 0.2) is 0 Å². The number of carbonyl (C=O) groups excluding carboxylic acids is 1. The van der Waals surface area contributed by atoms with E-state index in [0.29, 0.717) is 17.0 Å². The fourth-order valence-electron chi connectivity index (χ4n) is 1.88. The molecule has 1 aromatic heterocycles. The molecule has 1 heterocycles. The molecule has 0 aliphatic rings. The number of aryl methyl sites for hydroxylation is 2. The fourth-order valence-corrected chi connectivity index (χ4v) is 1.88. The van der Waals surface area contributed by atoms with Crippen LogP contribution in [0.5, 0.6) is 0 Å². The third kappa shape index (κ3) is 2.05. The Morgan fingerprint density at radius 2 is 1.78 bits per heavy atom. The number of rotatable bonds is 3. The average Bonchev–Trinajstić information content (AvgIpc) is 2.71. The van der Waals surface area contributed by atoms with Gasteiger partial charge in [-0.3, -0.25) is 4.79 Å². The van der Waals surface area contributed by atoms with Crippen LogP contribution in [0.3, 0.4) is 0 Å². The predicted octanol–water partition coefficient (Wildman–Crippen LogP) is 2.56. The Balaban J connectivity index is 2.44. The second kappa shape index (κ2) is 4.49. The maximum Gasteiger partial charge on any atom is 0.337 e. The van der Waals surface area contributed by atoms with Gasteiger partial charge >= 0.3 is 5.97 Å². The highest BCUT2D eigenvalue weighted by atomic mass is 16.4. The number of nitrogens with one attached hydrogen (secondary N) is 1. The zero-order chi connectivity index (χ0) is 13.3. The molecule has 2 N–H and O–H groups in total.